The summed E-state index contributed by atoms with van der Waals surface area (Å²) in [5, 5.41) is 3.01. The number of nitrogens with zero attached hydrogens (tertiary/aromatic N) is 3. The molecule has 0 aliphatic carbocycles. The second kappa shape index (κ2) is 7.40. The number of pyridine rings is 1. The number of rotatable bonds is 4. The van der Waals surface area contributed by atoms with Crippen molar-refractivity contribution in [3.8, 4) is 0 Å². The molecule has 6 heteroatoms. The Kier molecular flexibility index (Phi) is 4.81. The lowest BCUT2D eigenvalue weighted by atomic mass is 10.2. The minimum Gasteiger partial charge on any atom is -0.378 e. The fraction of sp³-hybridized carbons (Fsp3) is 0.333. The van der Waals surface area contributed by atoms with E-state index in [0.29, 0.717) is 12.2 Å². The van der Waals surface area contributed by atoms with Crippen molar-refractivity contribution in [1.29, 1.82) is 0 Å². The molecule has 0 atom stereocenters. The van der Waals surface area contributed by atoms with Gasteiger partial charge < -0.3 is 15.0 Å². The Hall–Kier alpha value is -2.86. The summed E-state index contributed by atoms with van der Waals surface area (Å²) in [4.78, 5) is 19.5. The number of aromatic nitrogens is 2. The fourth-order valence-electron chi connectivity index (χ4n) is 3.45. The van der Waals surface area contributed by atoms with E-state index in [1.54, 1.807) is 0 Å². The van der Waals surface area contributed by atoms with Gasteiger partial charge in [-0.05, 0) is 49.2 Å². The van der Waals surface area contributed by atoms with Gasteiger partial charge in [-0.3, -0.25) is 9.20 Å². The first-order chi connectivity index (χ1) is 13.1. The van der Waals surface area contributed by atoms with Crippen LogP contribution in [-0.2, 0) is 11.3 Å². The molecule has 0 bridgehead atoms. The van der Waals surface area contributed by atoms with Crippen LogP contribution in [0.3, 0.4) is 0 Å². The first kappa shape index (κ1) is 17.5. The number of hydrogen-bond acceptors (Lipinski definition) is 4. The second-order valence-corrected chi connectivity index (χ2v) is 6.93. The zero-order valence-electron chi connectivity index (χ0n) is 15.7. The molecule has 1 N–H and O–H groups in total. The molecule has 1 saturated heterocycles. The van der Waals surface area contributed by atoms with Gasteiger partial charge in [-0.1, -0.05) is 12.1 Å². The SMILES string of the molecule is Cc1ccn2c(C(=O)NCc3ccc(N4CCOCC4)cc3)c(C)nc2c1. The van der Waals surface area contributed by atoms with Crippen LogP contribution in [0.5, 0.6) is 0 Å². The smallest absolute Gasteiger partial charge is 0.270 e. The molecule has 1 amide bonds. The number of carbonyl (C=O) groups excluding carboxylic acids is 1. The van der Waals surface area contributed by atoms with Gasteiger partial charge in [0.25, 0.3) is 5.91 Å². The zero-order valence-corrected chi connectivity index (χ0v) is 15.7. The second-order valence-electron chi connectivity index (χ2n) is 6.93. The number of anilines is 1. The Morgan fingerprint density at radius 2 is 1.89 bits per heavy atom. The van der Waals surface area contributed by atoms with Gasteiger partial charge in [-0.2, -0.15) is 0 Å². The molecule has 6 nitrogen and oxygen atoms in total. The largest absolute Gasteiger partial charge is 0.378 e. The minimum atomic E-state index is -0.110. The van der Waals surface area contributed by atoms with Crippen LogP contribution in [0.2, 0.25) is 0 Å². The number of aryl methyl sites for hydroxylation is 2. The number of carbonyl (C=O) groups is 1. The summed E-state index contributed by atoms with van der Waals surface area (Å²) in [6.07, 6.45) is 1.90. The molecule has 2 aromatic heterocycles. The van der Waals surface area contributed by atoms with Crippen molar-refractivity contribution < 1.29 is 9.53 Å². The molecule has 27 heavy (non-hydrogen) atoms. The van der Waals surface area contributed by atoms with Gasteiger partial charge in [0.1, 0.15) is 11.3 Å². The number of ether oxygens (including phenoxy) is 1. The third-order valence-corrected chi connectivity index (χ3v) is 4.94. The summed E-state index contributed by atoms with van der Waals surface area (Å²) in [6.45, 7) is 7.76. The number of hydrogen-bond donors (Lipinski definition) is 1. The molecular weight excluding hydrogens is 340 g/mol. The summed E-state index contributed by atoms with van der Waals surface area (Å²) in [7, 11) is 0. The van der Waals surface area contributed by atoms with Gasteiger partial charge in [0.2, 0.25) is 0 Å². The Morgan fingerprint density at radius 1 is 1.15 bits per heavy atom. The van der Waals surface area contributed by atoms with Crippen LogP contribution in [-0.4, -0.2) is 41.6 Å². The van der Waals surface area contributed by atoms with Crippen molar-refractivity contribution in [3.63, 3.8) is 0 Å². The van der Waals surface area contributed by atoms with Gasteiger partial charge in [0.15, 0.2) is 0 Å². The van der Waals surface area contributed by atoms with Crippen LogP contribution in [0.4, 0.5) is 5.69 Å². The highest BCUT2D eigenvalue weighted by atomic mass is 16.5. The average Bonchev–Trinajstić information content (AvgIpc) is 3.02. The molecule has 1 aromatic carbocycles. The number of fused-ring (bicyclic) bond motifs is 1. The van der Waals surface area contributed by atoms with E-state index in [-0.39, 0.29) is 5.91 Å². The molecule has 0 unspecified atom stereocenters. The van der Waals surface area contributed by atoms with Crippen LogP contribution in [0.15, 0.2) is 42.6 Å². The van der Waals surface area contributed by atoms with Crippen LogP contribution < -0.4 is 10.2 Å². The lowest BCUT2D eigenvalue weighted by Crippen LogP contribution is -2.36. The maximum absolute atomic E-state index is 12.7. The Labute approximate surface area is 158 Å². The summed E-state index contributed by atoms with van der Waals surface area (Å²) in [5.41, 5.74) is 5.52. The average molecular weight is 364 g/mol. The van der Waals surface area contributed by atoms with E-state index in [2.05, 4.69) is 39.5 Å². The standard InChI is InChI=1S/C21H24N4O2/c1-15-7-8-25-19(13-15)23-16(2)20(25)21(26)22-14-17-3-5-18(6-4-17)24-9-11-27-12-10-24/h3-8,13H,9-12,14H2,1-2H3,(H,22,26). The molecule has 1 aliphatic rings. The van der Waals surface area contributed by atoms with E-state index in [1.165, 1.54) is 5.69 Å². The highest BCUT2D eigenvalue weighted by Gasteiger charge is 2.16. The number of amides is 1. The van der Waals surface area contributed by atoms with Gasteiger partial charge in [-0.25, -0.2) is 4.98 Å². The quantitative estimate of drug-likeness (QED) is 0.773. The minimum absolute atomic E-state index is 0.110. The van der Waals surface area contributed by atoms with Crippen LogP contribution in [0, 0.1) is 13.8 Å². The van der Waals surface area contributed by atoms with E-state index in [9.17, 15) is 4.79 Å². The maximum Gasteiger partial charge on any atom is 0.270 e. The highest BCUT2D eigenvalue weighted by Crippen LogP contribution is 2.17. The Bertz CT molecular complexity index is 956. The van der Waals surface area contributed by atoms with E-state index >= 15 is 0 Å². The Balaban J connectivity index is 1.44. The van der Waals surface area contributed by atoms with Crippen molar-refractivity contribution in [1.82, 2.24) is 14.7 Å². The fourth-order valence-corrected chi connectivity index (χ4v) is 3.45. The lowest BCUT2D eigenvalue weighted by Gasteiger charge is -2.28. The van der Waals surface area contributed by atoms with Crippen LogP contribution in [0.1, 0.15) is 27.3 Å². The van der Waals surface area contributed by atoms with Gasteiger partial charge in [0, 0.05) is 31.5 Å². The Morgan fingerprint density at radius 3 is 2.63 bits per heavy atom. The molecule has 1 aliphatic heterocycles. The van der Waals surface area contributed by atoms with Crippen molar-refractivity contribution in [3.05, 3.63) is 65.1 Å². The summed E-state index contributed by atoms with van der Waals surface area (Å²) in [5.74, 6) is -0.110. The number of imidazole rings is 1. The third kappa shape index (κ3) is 3.66. The third-order valence-electron chi connectivity index (χ3n) is 4.94. The normalized spacial score (nSPS) is 14.5. The molecule has 0 radical (unpaired) electrons. The van der Waals surface area contributed by atoms with Gasteiger partial charge >= 0.3 is 0 Å². The number of benzene rings is 1. The number of morpholine rings is 1. The molecule has 3 aromatic rings. The van der Waals surface area contributed by atoms with Crippen LogP contribution >= 0.6 is 0 Å². The van der Waals surface area contributed by atoms with Crippen LogP contribution in [0.25, 0.3) is 5.65 Å². The van der Waals surface area contributed by atoms with Crippen molar-refractivity contribution in [2.75, 3.05) is 31.2 Å². The van der Waals surface area contributed by atoms with Gasteiger partial charge in [-0.15, -0.1) is 0 Å². The molecule has 1 fully saturated rings. The number of nitrogens with one attached hydrogen (secondary N) is 1. The molecular formula is C21H24N4O2. The van der Waals surface area contributed by atoms with Crippen molar-refractivity contribution in [2.24, 2.45) is 0 Å². The maximum atomic E-state index is 12.7. The van der Waals surface area contributed by atoms with Crippen molar-refractivity contribution in [2.45, 2.75) is 20.4 Å². The highest BCUT2D eigenvalue weighted by molar-refractivity contribution is 5.94. The molecule has 4 rings (SSSR count). The summed E-state index contributed by atoms with van der Waals surface area (Å²) in [6, 6.07) is 12.3. The first-order valence-corrected chi connectivity index (χ1v) is 9.27. The molecule has 3 heterocycles. The summed E-state index contributed by atoms with van der Waals surface area (Å²) >= 11 is 0. The zero-order chi connectivity index (χ0) is 18.8. The topological polar surface area (TPSA) is 58.9 Å². The molecule has 140 valence electrons. The first-order valence-electron chi connectivity index (χ1n) is 9.27. The molecule has 0 spiro atoms. The van der Waals surface area contributed by atoms with E-state index in [0.717, 1.165) is 48.8 Å². The predicted molar refractivity (Wildman–Crippen MR) is 105 cm³/mol. The van der Waals surface area contributed by atoms with Crippen molar-refractivity contribution >= 4 is 17.2 Å². The monoisotopic (exact) mass is 364 g/mol. The molecule has 0 saturated carbocycles. The van der Waals surface area contributed by atoms with E-state index < -0.39 is 0 Å². The predicted octanol–water partition coefficient (Wildman–Crippen LogP) is 2.72. The lowest BCUT2D eigenvalue weighted by molar-refractivity contribution is 0.0944. The summed E-state index contributed by atoms with van der Waals surface area (Å²) < 4.78 is 7.24. The van der Waals surface area contributed by atoms with Gasteiger partial charge in [0.05, 0.1) is 18.9 Å². The van der Waals surface area contributed by atoms with E-state index in [4.69, 9.17) is 4.74 Å². The van der Waals surface area contributed by atoms with E-state index in [1.807, 2.05) is 36.6 Å².